The maximum absolute atomic E-state index is 13.0. The lowest BCUT2D eigenvalue weighted by molar-refractivity contribution is 0.587. The Bertz CT molecular complexity index is 991. The van der Waals surface area contributed by atoms with Gasteiger partial charge in [0.05, 0.1) is 23.3 Å². The zero-order chi connectivity index (χ0) is 16.2. The fraction of sp³-hybridized carbons (Fsp3) is 0.143. The Kier molecular flexibility index (Phi) is 3.00. The molecule has 9 heteroatoms. The standard InChI is InChI=1S/C14H12ClN5O2S/c1-9-7-19-13-10(6-16-18-13)8-20(14(19)17-9)23(21,22)12-4-2-11(15)3-5-12/h2-7H,8H2,1H3,(H,16,18). The number of hydrogen-bond donors (Lipinski definition) is 1. The lowest BCUT2D eigenvalue weighted by Crippen LogP contribution is -2.35. The van der Waals surface area contributed by atoms with Crippen molar-refractivity contribution >= 4 is 27.6 Å². The maximum atomic E-state index is 13.0. The lowest BCUT2D eigenvalue weighted by Gasteiger charge is -2.27. The molecule has 1 aliphatic heterocycles. The highest BCUT2D eigenvalue weighted by Crippen LogP contribution is 2.33. The molecule has 0 amide bonds. The minimum absolute atomic E-state index is 0.168. The van der Waals surface area contributed by atoms with E-state index in [1.165, 1.54) is 16.4 Å². The molecule has 0 atom stereocenters. The van der Waals surface area contributed by atoms with Crippen LogP contribution in [0.3, 0.4) is 0 Å². The number of sulfonamides is 1. The molecule has 0 aliphatic carbocycles. The molecule has 3 heterocycles. The van der Waals surface area contributed by atoms with Crippen LogP contribution in [0.5, 0.6) is 0 Å². The number of H-pyrrole nitrogens is 1. The van der Waals surface area contributed by atoms with Crippen molar-refractivity contribution < 1.29 is 8.42 Å². The lowest BCUT2D eigenvalue weighted by atomic mass is 10.3. The molecule has 118 valence electrons. The van der Waals surface area contributed by atoms with Gasteiger partial charge >= 0.3 is 0 Å². The normalized spacial score (nSPS) is 13.7. The third kappa shape index (κ3) is 2.13. The second-order valence-electron chi connectivity index (χ2n) is 5.26. The Labute approximate surface area is 137 Å². The molecule has 7 nitrogen and oxygen atoms in total. The first-order valence-electron chi connectivity index (χ1n) is 6.84. The van der Waals surface area contributed by atoms with Gasteiger partial charge in [-0.25, -0.2) is 17.7 Å². The van der Waals surface area contributed by atoms with E-state index in [9.17, 15) is 8.42 Å². The zero-order valence-electron chi connectivity index (χ0n) is 12.1. The molecule has 1 N–H and O–H groups in total. The van der Waals surface area contributed by atoms with Crippen molar-refractivity contribution in [1.29, 1.82) is 0 Å². The van der Waals surface area contributed by atoms with Crippen LogP contribution in [0.25, 0.3) is 5.82 Å². The van der Waals surface area contributed by atoms with Gasteiger partial charge < -0.3 is 0 Å². The quantitative estimate of drug-likeness (QED) is 0.769. The molecule has 1 aromatic carbocycles. The number of aryl methyl sites for hydroxylation is 1. The number of hydrogen-bond acceptors (Lipinski definition) is 4. The van der Waals surface area contributed by atoms with Crippen LogP contribution in [-0.4, -0.2) is 28.2 Å². The third-order valence-corrected chi connectivity index (χ3v) is 5.67. The van der Waals surface area contributed by atoms with E-state index >= 15 is 0 Å². The summed E-state index contributed by atoms with van der Waals surface area (Å²) >= 11 is 5.85. The first-order chi connectivity index (χ1) is 11.0. The van der Waals surface area contributed by atoms with Crippen molar-refractivity contribution in [3.8, 4) is 5.82 Å². The van der Waals surface area contributed by atoms with Gasteiger partial charge in [-0.3, -0.25) is 9.67 Å². The van der Waals surface area contributed by atoms with Crippen molar-refractivity contribution in [2.75, 3.05) is 4.31 Å². The molecule has 0 unspecified atom stereocenters. The molecular formula is C14H12ClN5O2S. The summed E-state index contributed by atoms with van der Waals surface area (Å²) < 4.78 is 29.0. The third-order valence-electron chi connectivity index (χ3n) is 3.68. The van der Waals surface area contributed by atoms with Gasteiger partial charge in [0.15, 0.2) is 0 Å². The van der Waals surface area contributed by atoms with Crippen molar-refractivity contribution in [3.05, 3.63) is 52.9 Å². The van der Waals surface area contributed by atoms with Crippen LogP contribution < -0.4 is 4.31 Å². The average molecular weight is 350 g/mol. The Morgan fingerprint density at radius 2 is 2.00 bits per heavy atom. The van der Waals surface area contributed by atoms with Crippen LogP contribution in [0.4, 0.5) is 5.95 Å². The summed E-state index contributed by atoms with van der Waals surface area (Å²) in [6, 6.07) is 6.09. The van der Waals surface area contributed by atoms with Crippen molar-refractivity contribution in [3.63, 3.8) is 0 Å². The molecular weight excluding hydrogens is 338 g/mol. The van der Waals surface area contributed by atoms with Crippen LogP contribution in [-0.2, 0) is 16.6 Å². The topological polar surface area (TPSA) is 83.9 Å². The van der Waals surface area contributed by atoms with Gasteiger partial charge in [0.2, 0.25) is 5.95 Å². The average Bonchev–Trinajstić information content (AvgIpc) is 3.11. The first kappa shape index (κ1) is 14.3. The van der Waals surface area contributed by atoms with E-state index in [1.807, 2.05) is 6.92 Å². The number of nitrogens with one attached hydrogen (secondary N) is 1. The molecule has 0 bridgehead atoms. The van der Waals surface area contributed by atoms with Gasteiger partial charge in [-0.1, -0.05) is 11.6 Å². The Morgan fingerprint density at radius 3 is 2.74 bits per heavy atom. The van der Waals surface area contributed by atoms with Crippen molar-refractivity contribution in [2.24, 2.45) is 0 Å². The van der Waals surface area contributed by atoms with E-state index in [0.29, 0.717) is 11.0 Å². The summed E-state index contributed by atoms with van der Waals surface area (Å²) in [6.45, 7) is 1.99. The van der Waals surface area contributed by atoms with E-state index in [0.717, 1.165) is 17.1 Å². The smallest absolute Gasteiger partial charge is 0.266 e. The number of anilines is 1. The van der Waals surface area contributed by atoms with Gasteiger partial charge in [-0.05, 0) is 31.2 Å². The van der Waals surface area contributed by atoms with Crippen LogP contribution in [0.2, 0.25) is 5.02 Å². The number of imidazole rings is 1. The van der Waals surface area contributed by atoms with Crippen molar-refractivity contribution in [2.45, 2.75) is 18.4 Å². The molecule has 0 saturated heterocycles. The Hall–Kier alpha value is -2.32. The minimum Gasteiger partial charge on any atom is -0.269 e. The summed E-state index contributed by atoms with van der Waals surface area (Å²) in [4.78, 5) is 4.52. The fourth-order valence-electron chi connectivity index (χ4n) is 2.61. The first-order valence-corrected chi connectivity index (χ1v) is 8.65. The molecule has 3 aromatic rings. The van der Waals surface area contributed by atoms with Gasteiger partial charge in [0.1, 0.15) is 5.82 Å². The fourth-order valence-corrected chi connectivity index (χ4v) is 4.12. The molecule has 0 fully saturated rings. The summed E-state index contributed by atoms with van der Waals surface area (Å²) in [6.07, 6.45) is 3.40. The van der Waals surface area contributed by atoms with E-state index in [4.69, 9.17) is 11.6 Å². The maximum Gasteiger partial charge on any atom is 0.266 e. The monoisotopic (exact) mass is 349 g/mol. The number of aromatic amines is 1. The molecule has 0 saturated carbocycles. The zero-order valence-corrected chi connectivity index (χ0v) is 13.6. The number of halogens is 1. The highest BCUT2D eigenvalue weighted by atomic mass is 35.5. The number of nitrogens with zero attached hydrogens (tertiary/aromatic N) is 4. The van der Waals surface area contributed by atoms with Gasteiger partial charge in [-0.15, -0.1) is 0 Å². The Balaban J connectivity index is 1.88. The molecule has 0 spiro atoms. The highest BCUT2D eigenvalue weighted by molar-refractivity contribution is 7.92. The number of aromatic nitrogens is 4. The molecule has 0 radical (unpaired) electrons. The molecule has 23 heavy (non-hydrogen) atoms. The van der Waals surface area contributed by atoms with Gasteiger partial charge in [-0.2, -0.15) is 5.10 Å². The van der Waals surface area contributed by atoms with Gasteiger partial charge in [0, 0.05) is 16.8 Å². The van der Waals surface area contributed by atoms with Crippen LogP contribution >= 0.6 is 11.6 Å². The van der Waals surface area contributed by atoms with E-state index in [-0.39, 0.29) is 11.4 Å². The van der Waals surface area contributed by atoms with Gasteiger partial charge in [0.25, 0.3) is 10.0 Å². The predicted molar refractivity (Wildman–Crippen MR) is 85.3 cm³/mol. The summed E-state index contributed by atoms with van der Waals surface area (Å²) in [7, 11) is -3.75. The van der Waals surface area contributed by atoms with Crippen LogP contribution in [0.15, 0.2) is 41.6 Å². The summed E-state index contributed by atoms with van der Waals surface area (Å²) in [5, 5.41) is 7.36. The minimum atomic E-state index is -3.75. The van der Waals surface area contributed by atoms with E-state index in [2.05, 4.69) is 15.2 Å². The number of fused-ring (bicyclic) bond motifs is 3. The molecule has 4 rings (SSSR count). The molecule has 1 aliphatic rings. The van der Waals surface area contributed by atoms with E-state index in [1.54, 1.807) is 29.1 Å². The van der Waals surface area contributed by atoms with Crippen molar-refractivity contribution in [1.82, 2.24) is 19.7 Å². The highest BCUT2D eigenvalue weighted by Gasteiger charge is 2.34. The largest absolute Gasteiger partial charge is 0.269 e. The Morgan fingerprint density at radius 1 is 1.26 bits per heavy atom. The van der Waals surface area contributed by atoms with E-state index < -0.39 is 10.0 Å². The molecule has 2 aromatic heterocycles. The number of benzene rings is 1. The SMILES string of the molecule is Cc1cn2c(n1)N(S(=O)(=O)c1ccc(Cl)cc1)Cc1cn[nH]c1-2. The number of rotatable bonds is 2. The second kappa shape index (κ2) is 4.84. The second-order valence-corrected chi connectivity index (χ2v) is 7.56. The van der Waals surface area contributed by atoms with Crippen LogP contribution in [0, 0.1) is 6.92 Å². The predicted octanol–water partition coefficient (Wildman–Crippen LogP) is 2.27. The van der Waals surface area contributed by atoms with Crippen LogP contribution in [0.1, 0.15) is 11.3 Å². The summed E-state index contributed by atoms with van der Waals surface area (Å²) in [5.41, 5.74) is 1.51. The summed E-state index contributed by atoms with van der Waals surface area (Å²) in [5.74, 6) is 1.08.